The Balaban J connectivity index is 0.000000806. The van der Waals surface area contributed by atoms with Crippen LogP contribution < -0.4 is 5.32 Å². The Labute approximate surface area is 179 Å². The predicted molar refractivity (Wildman–Crippen MR) is 114 cm³/mol. The first kappa shape index (κ1) is 21.8. The van der Waals surface area contributed by atoms with Gasteiger partial charge in [-0.2, -0.15) is 0 Å². The summed E-state index contributed by atoms with van der Waals surface area (Å²) in [5, 5.41) is 11.9. The monoisotopic (exact) mass is 430 g/mol. The Kier molecular flexibility index (Phi) is 7.78. The molecule has 1 aliphatic heterocycles. The first-order valence-corrected chi connectivity index (χ1v) is 10.9. The van der Waals surface area contributed by atoms with E-state index >= 15 is 0 Å². The number of thiophene rings is 1. The third-order valence-corrected chi connectivity index (χ3v) is 6.22. The molecule has 2 aliphatic rings. The van der Waals surface area contributed by atoms with Gasteiger partial charge in [0.15, 0.2) is 0 Å². The second kappa shape index (κ2) is 10.7. The lowest BCUT2D eigenvalue weighted by Gasteiger charge is -2.24. The van der Waals surface area contributed by atoms with Crippen molar-refractivity contribution in [3.8, 4) is 0 Å². The summed E-state index contributed by atoms with van der Waals surface area (Å²) in [4.78, 5) is 40.4. The molecular formula is C21H26N4O4S. The molecule has 1 aliphatic carbocycles. The lowest BCUT2D eigenvalue weighted by Crippen LogP contribution is -2.35. The summed E-state index contributed by atoms with van der Waals surface area (Å²) in [5.74, 6) is 1.37. The van der Waals surface area contributed by atoms with Gasteiger partial charge in [-0.15, -0.1) is 11.3 Å². The maximum Gasteiger partial charge on any atom is 0.290 e. The Morgan fingerprint density at radius 2 is 2.10 bits per heavy atom. The number of hydrogen-bond donors (Lipinski definition) is 2. The SMILES string of the molecule is O=C(NCc1cnc2n1CCN(C(=O)/C=C/c1cccs1)CC2)C1CCC1.O=CO. The third kappa shape index (κ3) is 5.56. The summed E-state index contributed by atoms with van der Waals surface area (Å²) >= 11 is 1.62. The minimum Gasteiger partial charge on any atom is -0.483 e. The van der Waals surface area contributed by atoms with Crippen molar-refractivity contribution in [2.75, 3.05) is 13.1 Å². The molecule has 1 saturated carbocycles. The molecule has 0 radical (unpaired) electrons. The summed E-state index contributed by atoms with van der Waals surface area (Å²) in [6.07, 6.45) is 9.28. The smallest absolute Gasteiger partial charge is 0.290 e. The van der Waals surface area contributed by atoms with Crippen LogP contribution in [0.4, 0.5) is 0 Å². The second-order valence-corrected chi connectivity index (χ2v) is 8.17. The fourth-order valence-electron chi connectivity index (χ4n) is 3.49. The maximum absolute atomic E-state index is 12.5. The largest absolute Gasteiger partial charge is 0.483 e. The van der Waals surface area contributed by atoms with Crippen LogP contribution in [0.5, 0.6) is 0 Å². The zero-order valence-electron chi connectivity index (χ0n) is 16.7. The van der Waals surface area contributed by atoms with Gasteiger partial charge < -0.3 is 19.9 Å². The molecule has 3 heterocycles. The summed E-state index contributed by atoms with van der Waals surface area (Å²) in [7, 11) is 0. The van der Waals surface area contributed by atoms with Gasteiger partial charge in [0.05, 0.1) is 18.4 Å². The van der Waals surface area contributed by atoms with Gasteiger partial charge in [-0.05, 0) is 30.4 Å². The number of rotatable bonds is 5. The third-order valence-electron chi connectivity index (χ3n) is 5.38. The summed E-state index contributed by atoms with van der Waals surface area (Å²) in [6, 6.07) is 3.97. The van der Waals surface area contributed by atoms with Gasteiger partial charge in [-0.25, -0.2) is 4.98 Å². The molecule has 2 N–H and O–H groups in total. The number of nitrogens with one attached hydrogen (secondary N) is 1. The number of imidazole rings is 1. The molecule has 0 bridgehead atoms. The number of aromatic nitrogens is 2. The molecule has 0 aromatic carbocycles. The Hall–Kier alpha value is -2.94. The maximum atomic E-state index is 12.5. The van der Waals surface area contributed by atoms with E-state index in [4.69, 9.17) is 9.90 Å². The molecule has 160 valence electrons. The average Bonchev–Trinajstić information content (AvgIpc) is 3.29. The van der Waals surface area contributed by atoms with Gasteiger partial charge >= 0.3 is 0 Å². The lowest BCUT2D eigenvalue weighted by molar-refractivity contribution is -0.127. The number of nitrogens with zero attached hydrogens (tertiary/aromatic N) is 3. The van der Waals surface area contributed by atoms with Crippen molar-refractivity contribution in [2.45, 2.75) is 38.8 Å². The standard InChI is InChI=1S/C20H24N4O2S.CH2O2/c25-19(7-6-17-5-2-12-27-17)23-9-8-18-21-13-16(24(18)11-10-23)14-22-20(26)15-3-1-4-15;2-1-3/h2,5-7,12-13,15H,1,3-4,8-11,14H2,(H,22,26);1H,(H,2,3)/b7-6+;. The molecule has 2 aromatic heterocycles. The van der Waals surface area contributed by atoms with Crippen LogP contribution in [-0.2, 0) is 33.9 Å². The number of amides is 2. The predicted octanol–water partition coefficient (Wildman–Crippen LogP) is 2.16. The Morgan fingerprint density at radius 3 is 2.77 bits per heavy atom. The summed E-state index contributed by atoms with van der Waals surface area (Å²) in [5.41, 5.74) is 1.01. The molecule has 1 fully saturated rings. The van der Waals surface area contributed by atoms with Crippen LogP contribution in [0.3, 0.4) is 0 Å². The highest BCUT2D eigenvalue weighted by atomic mass is 32.1. The molecule has 0 saturated heterocycles. The number of carbonyl (C=O) groups is 3. The highest BCUT2D eigenvalue weighted by Gasteiger charge is 2.25. The van der Waals surface area contributed by atoms with Gasteiger partial charge in [0, 0.05) is 42.9 Å². The van der Waals surface area contributed by atoms with Crippen molar-refractivity contribution in [3.05, 3.63) is 46.2 Å². The highest BCUT2D eigenvalue weighted by Crippen LogP contribution is 2.26. The average molecular weight is 431 g/mol. The van der Waals surface area contributed by atoms with E-state index in [1.807, 2.05) is 34.7 Å². The number of hydrogen-bond acceptors (Lipinski definition) is 5. The Morgan fingerprint density at radius 1 is 1.30 bits per heavy atom. The van der Waals surface area contributed by atoms with Crippen LogP contribution in [0.15, 0.2) is 29.8 Å². The van der Waals surface area contributed by atoms with E-state index in [1.165, 1.54) is 0 Å². The van der Waals surface area contributed by atoms with E-state index in [0.29, 0.717) is 26.2 Å². The van der Waals surface area contributed by atoms with Crippen molar-refractivity contribution >= 4 is 35.7 Å². The van der Waals surface area contributed by atoms with E-state index in [-0.39, 0.29) is 24.2 Å². The van der Waals surface area contributed by atoms with Crippen LogP contribution >= 0.6 is 11.3 Å². The van der Waals surface area contributed by atoms with Gasteiger partial charge in [-0.1, -0.05) is 12.5 Å². The molecular weight excluding hydrogens is 404 g/mol. The van der Waals surface area contributed by atoms with Crippen LogP contribution in [0.2, 0.25) is 0 Å². The van der Waals surface area contributed by atoms with Crippen LogP contribution in [0.1, 0.15) is 35.7 Å². The van der Waals surface area contributed by atoms with E-state index in [1.54, 1.807) is 17.4 Å². The summed E-state index contributed by atoms with van der Waals surface area (Å²) < 4.78 is 2.15. The second-order valence-electron chi connectivity index (χ2n) is 7.19. The van der Waals surface area contributed by atoms with Crippen molar-refractivity contribution < 1.29 is 19.5 Å². The minimum atomic E-state index is -0.250. The number of carboxylic acid groups (broad SMARTS) is 1. The highest BCUT2D eigenvalue weighted by molar-refractivity contribution is 7.10. The van der Waals surface area contributed by atoms with E-state index in [2.05, 4.69) is 14.9 Å². The van der Waals surface area contributed by atoms with Crippen LogP contribution in [0, 0.1) is 5.92 Å². The topological polar surface area (TPSA) is 105 Å². The molecule has 4 rings (SSSR count). The van der Waals surface area contributed by atoms with E-state index in [0.717, 1.165) is 42.1 Å². The lowest BCUT2D eigenvalue weighted by atomic mass is 9.85. The molecule has 0 spiro atoms. The van der Waals surface area contributed by atoms with E-state index < -0.39 is 0 Å². The zero-order chi connectivity index (χ0) is 21.3. The summed E-state index contributed by atoms with van der Waals surface area (Å²) in [6.45, 7) is 2.29. The van der Waals surface area contributed by atoms with E-state index in [9.17, 15) is 9.59 Å². The molecule has 30 heavy (non-hydrogen) atoms. The minimum absolute atomic E-state index is 0.0361. The van der Waals surface area contributed by atoms with Gasteiger partial charge in [-0.3, -0.25) is 14.4 Å². The van der Waals surface area contributed by atoms with Crippen molar-refractivity contribution in [1.82, 2.24) is 19.8 Å². The van der Waals surface area contributed by atoms with Gasteiger partial charge in [0.2, 0.25) is 11.8 Å². The molecule has 0 unspecified atom stereocenters. The first-order chi connectivity index (χ1) is 14.6. The molecule has 0 atom stereocenters. The molecule has 2 aromatic rings. The van der Waals surface area contributed by atoms with Crippen molar-refractivity contribution in [1.29, 1.82) is 0 Å². The fraction of sp³-hybridized carbons (Fsp3) is 0.429. The normalized spacial score (nSPS) is 16.1. The van der Waals surface area contributed by atoms with Crippen LogP contribution in [-0.4, -0.2) is 50.9 Å². The quantitative estimate of drug-likeness (QED) is 0.559. The number of carbonyl (C=O) groups excluding carboxylic acids is 2. The van der Waals surface area contributed by atoms with Crippen molar-refractivity contribution in [2.24, 2.45) is 5.92 Å². The molecule has 8 nitrogen and oxygen atoms in total. The first-order valence-electron chi connectivity index (χ1n) is 10.0. The molecule has 9 heteroatoms. The molecule has 2 amide bonds. The fourth-order valence-corrected chi connectivity index (χ4v) is 4.11. The number of fused-ring (bicyclic) bond motifs is 1. The van der Waals surface area contributed by atoms with Gasteiger partial charge in [0.25, 0.3) is 6.47 Å². The Bertz CT molecular complexity index is 887. The zero-order valence-corrected chi connectivity index (χ0v) is 17.5. The van der Waals surface area contributed by atoms with Crippen LogP contribution in [0.25, 0.3) is 6.08 Å². The van der Waals surface area contributed by atoms with Gasteiger partial charge in [0.1, 0.15) is 5.82 Å². The van der Waals surface area contributed by atoms with Crippen molar-refractivity contribution in [3.63, 3.8) is 0 Å².